The summed E-state index contributed by atoms with van der Waals surface area (Å²) in [4.78, 5) is 27.5. The molecular weight excluding hydrogens is 554 g/mol. The number of benzene rings is 3. The zero-order valence-electron chi connectivity index (χ0n) is 24.3. The lowest BCUT2D eigenvalue weighted by Gasteiger charge is -2.16. The highest BCUT2D eigenvalue weighted by Gasteiger charge is 2.22. The molecule has 0 spiro atoms. The number of nitriles is 1. The van der Waals surface area contributed by atoms with E-state index in [4.69, 9.17) is 4.42 Å². The van der Waals surface area contributed by atoms with Crippen LogP contribution >= 0.6 is 0 Å². The lowest BCUT2D eigenvalue weighted by molar-refractivity contribution is 0.112. The van der Waals surface area contributed by atoms with Crippen molar-refractivity contribution in [3.8, 4) is 28.7 Å². The van der Waals surface area contributed by atoms with Gasteiger partial charge in [0, 0.05) is 48.8 Å². The molecular formula is C34H29N7O3. The van der Waals surface area contributed by atoms with Crippen LogP contribution in [0, 0.1) is 25.2 Å². The lowest BCUT2D eigenvalue weighted by atomic mass is 9.93. The van der Waals surface area contributed by atoms with E-state index in [1.807, 2.05) is 48.0 Å². The Bertz CT molecular complexity index is 2110. The minimum Gasteiger partial charge on any atom is -0.435 e. The van der Waals surface area contributed by atoms with Crippen molar-refractivity contribution in [1.82, 2.24) is 24.3 Å². The number of oxazole rings is 1. The van der Waals surface area contributed by atoms with Crippen LogP contribution < -0.4 is 5.32 Å². The van der Waals surface area contributed by atoms with E-state index in [0.29, 0.717) is 47.7 Å². The van der Waals surface area contributed by atoms with Crippen molar-refractivity contribution in [2.45, 2.75) is 32.9 Å². The van der Waals surface area contributed by atoms with Crippen LogP contribution in [-0.4, -0.2) is 54.8 Å². The third kappa shape index (κ3) is 4.78. The second kappa shape index (κ2) is 11.0. The maximum Gasteiger partial charge on any atom is 0.227 e. The normalized spacial score (nSPS) is 15.2. The average molecular weight is 584 g/mol. The average Bonchev–Trinajstić information content (AvgIpc) is 3.77. The standard InChI is InChI=1S/C34H29N7O3/c1-20-26(5-3-7-28(20)34-39-30-14-22(19-42)13-23(15-35)31(30)44-34)27-6-4-8-29(21(27)2)38-32-33-37-16-24(41(33)12-10-36-32)17-40-11-9-25(43)18-40/h3-8,10,12-14,16,19,25,43H,9,11,17-18H2,1-2H3,(H,36,38). The van der Waals surface area contributed by atoms with E-state index >= 15 is 0 Å². The number of fused-ring (bicyclic) bond motifs is 2. The van der Waals surface area contributed by atoms with Gasteiger partial charge >= 0.3 is 0 Å². The molecule has 10 nitrogen and oxygen atoms in total. The van der Waals surface area contributed by atoms with Gasteiger partial charge < -0.3 is 14.8 Å². The lowest BCUT2D eigenvalue weighted by Crippen LogP contribution is -2.22. The number of hydrogen-bond donors (Lipinski definition) is 2. The van der Waals surface area contributed by atoms with Crippen LogP contribution in [0.1, 0.15) is 39.2 Å². The van der Waals surface area contributed by atoms with Gasteiger partial charge in [0.2, 0.25) is 5.89 Å². The van der Waals surface area contributed by atoms with Crippen LogP contribution in [0.15, 0.2) is 71.5 Å². The first kappa shape index (κ1) is 27.5. The van der Waals surface area contributed by atoms with Crippen molar-refractivity contribution < 1.29 is 14.3 Å². The summed E-state index contributed by atoms with van der Waals surface area (Å²) in [6, 6.07) is 17.3. The van der Waals surface area contributed by atoms with Gasteiger partial charge in [-0.1, -0.05) is 24.3 Å². The minimum atomic E-state index is -0.268. The molecule has 1 atom stereocenters. The summed E-state index contributed by atoms with van der Waals surface area (Å²) in [5.41, 5.74) is 9.02. The van der Waals surface area contributed by atoms with E-state index in [0.717, 1.165) is 57.8 Å². The number of aliphatic hydroxyl groups is 1. The second-order valence-electron chi connectivity index (χ2n) is 11.1. The van der Waals surface area contributed by atoms with Crippen molar-refractivity contribution in [2.75, 3.05) is 18.4 Å². The fourth-order valence-corrected chi connectivity index (χ4v) is 6.03. The largest absolute Gasteiger partial charge is 0.435 e. The molecule has 0 bridgehead atoms. The van der Waals surface area contributed by atoms with Crippen LogP contribution in [0.2, 0.25) is 0 Å². The Morgan fingerprint density at radius 3 is 2.68 bits per heavy atom. The fourth-order valence-electron chi connectivity index (χ4n) is 6.03. The number of imidazole rings is 1. The maximum absolute atomic E-state index is 11.4. The highest BCUT2D eigenvalue weighted by atomic mass is 16.3. The first-order valence-corrected chi connectivity index (χ1v) is 14.4. The molecule has 10 heteroatoms. The summed E-state index contributed by atoms with van der Waals surface area (Å²) in [6.07, 6.45) is 6.78. The molecule has 44 heavy (non-hydrogen) atoms. The Labute approximate surface area is 253 Å². The number of aldehydes is 1. The summed E-state index contributed by atoms with van der Waals surface area (Å²) in [6.45, 7) is 6.34. The van der Waals surface area contributed by atoms with E-state index < -0.39 is 0 Å². The monoisotopic (exact) mass is 583 g/mol. The number of nitrogens with one attached hydrogen (secondary N) is 1. The van der Waals surface area contributed by atoms with Crippen LogP contribution in [0.25, 0.3) is 39.3 Å². The molecule has 1 aliphatic heterocycles. The van der Waals surface area contributed by atoms with E-state index in [9.17, 15) is 15.2 Å². The first-order chi connectivity index (χ1) is 21.4. The number of carbonyl (C=O) groups is 1. The Kier molecular flexibility index (Phi) is 6.89. The molecule has 2 N–H and O–H groups in total. The summed E-state index contributed by atoms with van der Waals surface area (Å²) >= 11 is 0. The molecule has 0 radical (unpaired) electrons. The van der Waals surface area contributed by atoms with Gasteiger partial charge in [0.05, 0.1) is 23.6 Å². The SMILES string of the molecule is Cc1c(Nc2nccn3c(CN4CCC(O)C4)cnc23)cccc1-c1cccc(-c2nc3cc(C=O)cc(C#N)c3o2)c1C. The van der Waals surface area contributed by atoms with Gasteiger partial charge in [0.25, 0.3) is 0 Å². The molecule has 3 aromatic carbocycles. The van der Waals surface area contributed by atoms with Crippen molar-refractivity contribution in [3.05, 3.63) is 95.1 Å². The zero-order chi connectivity index (χ0) is 30.4. The van der Waals surface area contributed by atoms with E-state index in [1.165, 1.54) is 6.07 Å². The van der Waals surface area contributed by atoms with Crippen LogP contribution in [0.4, 0.5) is 11.5 Å². The van der Waals surface area contributed by atoms with Gasteiger partial charge in [0.1, 0.15) is 17.9 Å². The van der Waals surface area contributed by atoms with Crippen molar-refractivity contribution in [1.29, 1.82) is 5.26 Å². The van der Waals surface area contributed by atoms with Gasteiger partial charge in [0.15, 0.2) is 17.0 Å². The fraction of sp³-hybridized carbons (Fsp3) is 0.206. The number of aliphatic hydroxyl groups excluding tert-OH is 1. The molecule has 4 heterocycles. The molecule has 1 aliphatic rings. The highest BCUT2D eigenvalue weighted by Crippen LogP contribution is 2.37. The van der Waals surface area contributed by atoms with Crippen molar-refractivity contribution in [2.24, 2.45) is 0 Å². The van der Waals surface area contributed by atoms with Gasteiger partial charge in [-0.05, 0) is 66.8 Å². The number of anilines is 2. The number of aromatic nitrogens is 4. The quantitative estimate of drug-likeness (QED) is 0.223. The van der Waals surface area contributed by atoms with E-state index in [2.05, 4.69) is 50.3 Å². The number of β-amino-alcohol motifs (C(OH)–C–C–N with tert-alkyl or cyclic N) is 1. The third-order valence-corrected chi connectivity index (χ3v) is 8.35. The predicted molar refractivity (Wildman–Crippen MR) is 167 cm³/mol. The van der Waals surface area contributed by atoms with E-state index in [1.54, 1.807) is 12.3 Å². The molecule has 0 aliphatic carbocycles. The smallest absolute Gasteiger partial charge is 0.227 e. The molecule has 218 valence electrons. The molecule has 0 amide bonds. The van der Waals surface area contributed by atoms with Crippen LogP contribution in [-0.2, 0) is 6.54 Å². The number of likely N-dealkylation sites (tertiary alicyclic amines) is 1. The summed E-state index contributed by atoms with van der Waals surface area (Å²) in [7, 11) is 0. The number of carbonyl (C=O) groups excluding carboxylic acids is 1. The molecule has 7 rings (SSSR count). The van der Waals surface area contributed by atoms with Gasteiger partial charge in [-0.15, -0.1) is 0 Å². The molecule has 6 aromatic rings. The Balaban J connectivity index is 1.22. The van der Waals surface area contributed by atoms with Gasteiger partial charge in [-0.25, -0.2) is 15.0 Å². The van der Waals surface area contributed by atoms with Crippen LogP contribution in [0.3, 0.4) is 0 Å². The molecule has 1 fully saturated rings. The van der Waals surface area contributed by atoms with Crippen molar-refractivity contribution in [3.63, 3.8) is 0 Å². The number of hydrogen-bond acceptors (Lipinski definition) is 9. The number of nitrogens with zero attached hydrogens (tertiary/aromatic N) is 6. The summed E-state index contributed by atoms with van der Waals surface area (Å²) in [5.74, 6) is 1.04. The zero-order valence-corrected chi connectivity index (χ0v) is 24.3. The third-order valence-electron chi connectivity index (χ3n) is 8.35. The second-order valence-corrected chi connectivity index (χ2v) is 11.1. The summed E-state index contributed by atoms with van der Waals surface area (Å²) < 4.78 is 8.12. The van der Waals surface area contributed by atoms with Gasteiger partial charge in [-0.2, -0.15) is 5.26 Å². The maximum atomic E-state index is 11.4. The van der Waals surface area contributed by atoms with Gasteiger partial charge in [-0.3, -0.25) is 14.1 Å². The molecule has 0 saturated carbocycles. The first-order valence-electron chi connectivity index (χ1n) is 14.4. The Morgan fingerprint density at radius 1 is 1.11 bits per heavy atom. The highest BCUT2D eigenvalue weighted by molar-refractivity contribution is 5.90. The Morgan fingerprint density at radius 2 is 1.91 bits per heavy atom. The molecule has 3 aromatic heterocycles. The van der Waals surface area contributed by atoms with Crippen LogP contribution in [0.5, 0.6) is 0 Å². The minimum absolute atomic E-state index is 0.268. The predicted octanol–water partition coefficient (Wildman–Crippen LogP) is 5.82. The topological polar surface area (TPSA) is 133 Å². The summed E-state index contributed by atoms with van der Waals surface area (Å²) in [5, 5.41) is 23.0. The van der Waals surface area contributed by atoms with E-state index in [-0.39, 0.29) is 11.7 Å². The number of rotatable bonds is 7. The molecule has 1 saturated heterocycles. The molecule has 1 unspecified atom stereocenters. The Hall–Kier alpha value is -5.37. The van der Waals surface area contributed by atoms with Crippen molar-refractivity contribution >= 4 is 34.5 Å².